The molecule has 0 saturated heterocycles. The predicted octanol–water partition coefficient (Wildman–Crippen LogP) is 2.46. The van der Waals surface area contributed by atoms with Gasteiger partial charge in [0.15, 0.2) is 0 Å². The lowest BCUT2D eigenvalue weighted by atomic mass is 10.1. The normalized spacial score (nSPS) is 14.6. The van der Waals surface area contributed by atoms with E-state index in [4.69, 9.17) is 9.47 Å². The van der Waals surface area contributed by atoms with Crippen LogP contribution >= 0.6 is 0 Å². The maximum absolute atomic E-state index is 9.63. The molecule has 3 nitrogen and oxygen atoms in total. The molecule has 3 heteroatoms. The fourth-order valence-corrected chi connectivity index (χ4v) is 1.57. The van der Waals surface area contributed by atoms with Crippen LogP contribution in [0.1, 0.15) is 31.1 Å². The third kappa shape index (κ3) is 3.51. The molecule has 0 aliphatic rings. The SMILES string of the molecule is COCC(C)Oc1cc(C)ccc1[C@H](C)O. The summed E-state index contributed by atoms with van der Waals surface area (Å²) < 4.78 is 10.8. The molecule has 0 bridgehead atoms. The van der Waals surface area contributed by atoms with Crippen molar-refractivity contribution in [2.75, 3.05) is 13.7 Å². The molecule has 0 radical (unpaired) electrons. The second-order valence-electron chi connectivity index (χ2n) is 4.10. The van der Waals surface area contributed by atoms with Crippen molar-refractivity contribution < 1.29 is 14.6 Å². The van der Waals surface area contributed by atoms with Crippen molar-refractivity contribution in [3.05, 3.63) is 29.3 Å². The first-order chi connectivity index (χ1) is 7.54. The highest BCUT2D eigenvalue weighted by molar-refractivity contribution is 5.38. The Hall–Kier alpha value is -1.06. The second-order valence-corrected chi connectivity index (χ2v) is 4.10. The maximum atomic E-state index is 9.63. The van der Waals surface area contributed by atoms with Crippen LogP contribution in [0.3, 0.4) is 0 Å². The van der Waals surface area contributed by atoms with Crippen LogP contribution in [-0.4, -0.2) is 24.9 Å². The minimum absolute atomic E-state index is 0.0238. The monoisotopic (exact) mass is 224 g/mol. The molecule has 0 aliphatic carbocycles. The first-order valence-corrected chi connectivity index (χ1v) is 5.48. The van der Waals surface area contributed by atoms with E-state index in [9.17, 15) is 5.11 Å². The summed E-state index contributed by atoms with van der Waals surface area (Å²) in [6.07, 6.45) is -0.547. The average molecular weight is 224 g/mol. The standard InChI is InChI=1S/C13H20O3/c1-9-5-6-12(11(3)14)13(7-9)16-10(2)8-15-4/h5-7,10-11,14H,8H2,1-4H3/t10?,11-/m0/s1. The van der Waals surface area contributed by atoms with Gasteiger partial charge in [-0.2, -0.15) is 0 Å². The molecule has 1 aromatic rings. The molecule has 0 aliphatic heterocycles. The third-order valence-corrected chi connectivity index (χ3v) is 2.35. The Bertz CT molecular complexity index is 334. The zero-order valence-corrected chi connectivity index (χ0v) is 10.4. The van der Waals surface area contributed by atoms with Crippen molar-refractivity contribution in [3.8, 4) is 5.75 Å². The van der Waals surface area contributed by atoms with E-state index in [1.165, 1.54) is 0 Å². The Morgan fingerprint density at radius 3 is 2.56 bits per heavy atom. The van der Waals surface area contributed by atoms with Gasteiger partial charge in [-0.15, -0.1) is 0 Å². The summed E-state index contributed by atoms with van der Waals surface area (Å²) >= 11 is 0. The van der Waals surface area contributed by atoms with Gasteiger partial charge < -0.3 is 14.6 Å². The predicted molar refractivity (Wildman–Crippen MR) is 63.8 cm³/mol. The van der Waals surface area contributed by atoms with Gasteiger partial charge in [0.05, 0.1) is 12.7 Å². The van der Waals surface area contributed by atoms with Crippen LogP contribution in [-0.2, 0) is 4.74 Å². The molecular formula is C13H20O3. The van der Waals surface area contributed by atoms with E-state index >= 15 is 0 Å². The molecule has 90 valence electrons. The Kier molecular flexibility index (Phi) is 4.77. The van der Waals surface area contributed by atoms with Crippen LogP contribution < -0.4 is 4.74 Å². The molecule has 1 rings (SSSR count). The number of rotatable bonds is 5. The molecule has 1 aromatic carbocycles. The largest absolute Gasteiger partial charge is 0.488 e. The molecule has 2 atom stereocenters. The Morgan fingerprint density at radius 1 is 1.31 bits per heavy atom. The van der Waals surface area contributed by atoms with E-state index in [0.29, 0.717) is 6.61 Å². The van der Waals surface area contributed by atoms with Crippen molar-refractivity contribution >= 4 is 0 Å². The van der Waals surface area contributed by atoms with Crippen LogP contribution in [0.15, 0.2) is 18.2 Å². The molecule has 1 N–H and O–H groups in total. The number of hydrogen-bond acceptors (Lipinski definition) is 3. The summed E-state index contributed by atoms with van der Waals surface area (Å²) in [7, 11) is 1.64. The number of aliphatic hydroxyl groups excluding tert-OH is 1. The van der Waals surface area contributed by atoms with Crippen molar-refractivity contribution in [2.45, 2.75) is 33.0 Å². The highest BCUT2D eigenvalue weighted by Gasteiger charge is 2.12. The van der Waals surface area contributed by atoms with Crippen LogP contribution in [0.4, 0.5) is 0 Å². The third-order valence-electron chi connectivity index (χ3n) is 2.35. The molecule has 16 heavy (non-hydrogen) atoms. The van der Waals surface area contributed by atoms with E-state index in [2.05, 4.69) is 0 Å². The van der Waals surface area contributed by atoms with E-state index in [1.807, 2.05) is 32.0 Å². The van der Waals surface area contributed by atoms with Crippen LogP contribution in [0.2, 0.25) is 0 Å². The maximum Gasteiger partial charge on any atom is 0.125 e. The summed E-state index contributed by atoms with van der Waals surface area (Å²) in [4.78, 5) is 0. The first-order valence-electron chi connectivity index (χ1n) is 5.48. The van der Waals surface area contributed by atoms with E-state index < -0.39 is 6.10 Å². The number of ether oxygens (including phenoxy) is 2. The van der Waals surface area contributed by atoms with Gasteiger partial charge in [0.1, 0.15) is 11.9 Å². The molecule has 0 fully saturated rings. The number of methoxy groups -OCH3 is 1. The smallest absolute Gasteiger partial charge is 0.125 e. The van der Waals surface area contributed by atoms with Crippen molar-refractivity contribution in [3.63, 3.8) is 0 Å². The van der Waals surface area contributed by atoms with Crippen LogP contribution in [0.5, 0.6) is 5.75 Å². The number of aryl methyl sites for hydroxylation is 1. The van der Waals surface area contributed by atoms with Gasteiger partial charge in [0, 0.05) is 12.7 Å². The zero-order valence-electron chi connectivity index (χ0n) is 10.4. The highest BCUT2D eigenvalue weighted by Crippen LogP contribution is 2.27. The molecule has 0 heterocycles. The van der Waals surface area contributed by atoms with Crippen LogP contribution in [0.25, 0.3) is 0 Å². The number of hydrogen-bond donors (Lipinski definition) is 1. The van der Waals surface area contributed by atoms with Gasteiger partial charge >= 0.3 is 0 Å². The lowest BCUT2D eigenvalue weighted by Gasteiger charge is -2.18. The van der Waals surface area contributed by atoms with Gasteiger partial charge in [-0.25, -0.2) is 0 Å². The average Bonchev–Trinajstić information content (AvgIpc) is 2.17. The zero-order chi connectivity index (χ0) is 12.1. The lowest BCUT2D eigenvalue weighted by molar-refractivity contribution is 0.0886. The molecule has 0 amide bonds. The first kappa shape index (κ1) is 13.0. The Labute approximate surface area is 97.0 Å². The van der Waals surface area contributed by atoms with Crippen molar-refractivity contribution in [1.82, 2.24) is 0 Å². The number of aliphatic hydroxyl groups is 1. The van der Waals surface area contributed by atoms with E-state index in [0.717, 1.165) is 16.9 Å². The van der Waals surface area contributed by atoms with Crippen LogP contribution in [0, 0.1) is 6.92 Å². The highest BCUT2D eigenvalue weighted by atomic mass is 16.5. The lowest BCUT2D eigenvalue weighted by Crippen LogP contribution is -2.19. The van der Waals surface area contributed by atoms with Gasteiger partial charge in [-0.1, -0.05) is 12.1 Å². The van der Waals surface area contributed by atoms with Gasteiger partial charge in [0.2, 0.25) is 0 Å². The molecule has 0 spiro atoms. The fourth-order valence-electron chi connectivity index (χ4n) is 1.57. The fraction of sp³-hybridized carbons (Fsp3) is 0.538. The minimum Gasteiger partial charge on any atom is -0.488 e. The molecule has 1 unspecified atom stereocenters. The summed E-state index contributed by atoms with van der Waals surface area (Å²) in [5.74, 6) is 0.736. The summed E-state index contributed by atoms with van der Waals surface area (Å²) in [6, 6.07) is 5.80. The van der Waals surface area contributed by atoms with E-state index in [-0.39, 0.29) is 6.10 Å². The summed E-state index contributed by atoms with van der Waals surface area (Å²) in [5.41, 5.74) is 1.93. The Morgan fingerprint density at radius 2 is 2.00 bits per heavy atom. The topological polar surface area (TPSA) is 38.7 Å². The minimum atomic E-state index is -0.523. The number of benzene rings is 1. The quantitative estimate of drug-likeness (QED) is 0.835. The second kappa shape index (κ2) is 5.87. The summed E-state index contributed by atoms with van der Waals surface area (Å²) in [6.45, 7) is 6.21. The Balaban J connectivity index is 2.87. The van der Waals surface area contributed by atoms with Crippen molar-refractivity contribution in [2.24, 2.45) is 0 Å². The van der Waals surface area contributed by atoms with Gasteiger partial charge in [-0.05, 0) is 32.4 Å². The molecule has 0 aromatic heterocycles. The van der Waals surface area contributed by atoms with Gasteiger partial charge in [-0.3, -0.25) is 0 Å². The van der Waals surface area contributed by atoms with Gasteiger partial charge in [0.25, 0.3) is 0 Å². The van der Waals surface area contributed by atoms with Crippen molar-refractivity contribution in [1.29, 1.82) is 0 Å². The van der Waals surface area contributed by atoms with E-state index in [1.54, 1.807) is 14.0 Å². The molecular weight excluding hydrogens is 204 g/mol. The summed E-state index contributed by atoms with van der Waals surface area (Å²) in [5, 5.41) is 9.63. The molecule has 0 saturated carbocycles.